The van der Waals surface area contributed by atoms with E-state index >= 15 is 0 Å². The maximum atomic E-state index is 13.3. The summed E-state index contributed by atoms with van der Waals surface area (Å²) >= 11 is 0. The fraction of sp³-hybridized carbons (Fsp3) is 0.467. The van der Waals surface area contributed by atoms with Crippen LogP contribution in [0.1, 0.15) is 11.1 Å². The number of ether oxygens (including phenoxy) is 1. The molecule has 0 spiro atoms. The van der Waals surface area contributed by atoms with E-state index in [1.54, 1.807) is 0 Å². The standard InChI is InChI=1S/C15H10F9N3O2/c1-29-11(15(22,23)24)10-8(5-25)26-27(12(10)28)9-3-2-6(13(16,17)18)4-7(9)14(19,20)21/h2-4,10-12,28H,1H3. The largest absolute Gasteiger partial charge is 0.418 e. The van der Waals surface area contributed by atoms with Crippen molar-refractivity contribution < 1.29 is 49.4 Å². The molecule has 3 atom stereocenters. The van der Waals surface area contributed by atoms with Crippen LogP contribution in [0.25, 0.3) is 0 Å². The number of alkyl halides is 9. The van der Waals surface area contributed by atoms with Crippen molar-refractivity contribution in [2.75, 3.05) is 12.1 Å². The zero-order valence-corrected chi connectivity index (χ0v) is 14.1. The van der Waals surface area contributed by atoms with Crippen molar-refractivity contribution in [1.29, 1.82) is 5.26 Å². The molecule has 0 fully saturated rings. The Balaban J connectivity index is 2.61. The zero-order valence-electron chi connectivity index (χ0n) is 14.1. The number of nitrogens with zero attached hydrogens (tertiary/aromatic N) is 3. The number of hydrogen-bond acceptors (Lipinski definition) is 5. The van der Waals surface area contributed by atoms with E-state index in [-0.39, 0.29) is 17.1 Å². The summed E-state index contributed by atoms with van der Waals surface area (Å²) in [5, 5.41) is 22.5. The van der Waals surface area contributed by atoms with Gasteiger partial charge in [0.2, 0.25) is 0 Å². The number of nitriles is 1. The van der Waals surface area contributed by atoms with E-state index < -0.39 is 59.3 Å². The third-order valence-electron chi connectivity index (χ3n) is 4.00. The Morgan fingerprint density at radius 2 is 1.69 bits per heavy atom. The molecule has 1 aromatic carbocycles. The monoisotopic (exact) mass is 435 g/mol. The van der Waals surface area contributed by atoms with Crippen molar-refractivity contribution in [2.24, 2.45) is 11.0 Å². The van der Waals surface area contributed by atoms with E-state index in [0.29, 0.717) is 13.2 Å². The molecule has 5 nitrogen and oxygen atoms in total. The fourth-order valence-corrected chi connectivity index (χ4v) is 2.75. The molecule has 0 aliphatic carbocycles. The number of halogens is 9. The van der Waals surface area contributed by atoms with Gasteiger partial charge in [-0.3, -0.25) is 0 Å². The number of benzene rings is 1. The number of hydrazone groups is 1. The summed E-state index contributed by atoms with van der Waals surface area (Å²) in [4.78, 5) is 0. The molecule has 0 saturated heterocycles. The molecule has 1 N–H and O–H groups in total. The average Bonchev–Trinajstić information content (AvgIpc) is 2.89. The lowest BCUT2D eigenvalue weighted by molar-refractivity contribution is -0.227. The maximum absolute atomic E-state index is 13.3. The molecule has 0 radical (unpaired) electrons. The Bertz CT molecular complexity index is 839. The van der Waals surface area contributed by atoms with Gasteiger partial charge in [-0.25, -0.2) is 5.01 Å². The zero-order chi connectivity index (χ0) is 22.4. The molecule has 0 saturated carbocycles. The number of hydrogen-bond donors (Lipinski definition) is 1. The summed E-state index contributed by atoms with van der Waals surface area (Å²) in [6.45, 7) is 0. The number of aliphatic hydroxyl groups is 1. The lowest BCUT2D eigenvalue weighted by Crippen LogP contribution is -2.47. The fourth-order valence-electron chi connectivity index (χ4n) is 2.75. The molecule has 29 heavy (non-hydrogen) atoms. The van der Waals surface area contributed by atoms with E-state index in [4.69, 9.17) is 5.26 Å². The van der Waals surface area contributed by atoms with Crippen molar-refractivity contribution in [1.82, 2.24) is 0 Å². The van der Waals surface area contributed by atoms with Crippen molar-refractivity contribution in [3.8, 4) is 6.07 Å². The highest BCUT2D eigenvalue weighted by molar-refractivity contribution is 6.03. The average molecular weight is 435 g/mol. The van der Waals surface area contributed by atoms with Crippen molar-refractivity contribution >= 4 is 11.4 Å². The van der Waals surface area contributed by atoms with E-state index in [9.17, 15) is 44.6 Å². The first kappa shape index (κ1) is 22.8. The van der Waals surface area contributed by atoms with Gasteiger partial charge in [-0.15, -0.1) is 0 Å². The lowest BCUT2D eigenvalue weighted by Gasteiger charge is -2.30. The van der Waals surface area contributed by atoms with Gasteiger partial charge in [-0.2, -0.15) is 49.9 Å². The Labute approximate surface area is 156 Å². The Kier molecular flexibility index (Phi) is 5.79. The van der Waals surface area contributed by atoms with Gasteiger partial charge < -0.3 is 9.84 Å². The van der Waals surface area contributed by atoms with Gasteiger partial charge in [-0.1, -0.05) is 0 Å². The van der Waals surface area contributed by atoms with Crippen LogP contribution in [-0.2, 0) is 17.1 Å². The van der Waals surface area contributed by atoms with E-state index in [0.717, 1.165) is 0 Å². The summed E-state index contributed by atoms with van der Waals surface area (Å²) in [7, 11) is 0.599. The van der Waals surface area contributed by atoms with Crippen LogP contribution in [0.3, 0.4) is 0 Å². The second kappa shape index (κ2) is 7.38. The smallest absolute Gasteiger partial charge is 0.371 e. The number of rotatable bonds is 3. The van der Waals surface area contributed by atoms with E-state index in [1.165, 1.54) is 6.07 Å². The molecule has 0 amide bonds. The molecule has 160 valence electrons. The van der Waals surface area contributed by atoms with Crippen LogP contribution in [0.15, 0.2) is 23.3 Å². The highest BCUT2D eigenvalue weighted by Gasteiger charge is 2.54. The van der Waals surface area contributed by atoms with Gasteiger partial charge in [-0.05, 0) is 18.2 Å². The molecule has 0 bridgehead atoms. The van der Waals surface area contributed by atoms with Crippen LogP contribution in [-0.4, -0.2) is 36.4 Å². The Hall–Kier alpha value is -2.53. The number of aliphatic hydroxyl groups excluding tert-OH is 1. The summed E-state index contributed by atoms with van der Waals surface area (Å²) in [5.41, 5.74) is -5.75. The van der Waals surface area contributed by atoms with Crippen LogP contribution in [0, 0.1) is 17.2 Å². The summed E-state index contributed by atoms with van der Waals surface area (Å²) < 4.78 is 122. The minimum Gasteiger partial charge on any atom is -0.371 e. The summed E-state index contributed by atoms with van der Waals surface area (Å²) in [5.74, 6) is -2.23. The molecule has 0 aromatic heterocycles. The van der Waals surface area contributed by atoms with Gasteiger partial charge in [0.25, 0.3) is 0 Å². The predicted molar refractivity (Wildman–Crippen MR) is 78.3 cm³/mol. The van der Waals surface area contributed by atoms with E-state index in [1.807, 2.05) is 0 Å². The molecular weight excluding hydrogens is 425 g/mol. The molecule has 3 unspecified atom stereocenters. The van der Waals surface area contributed by atoms with E-state index in [2.05, 4.69) is 9.84 Å². The SMILES string of the molecule is COC(C1C(C#N)=NN(c2ccc(C(F)(F)F)cc2C(F)(F)F)C1O)C(F)(F)F. The first-order chi connectivity index (χ1) is 13.1. The number of methoxy groups -OCH3 is 1. The van der Waals surface area contributed by atoms with Gasteiger partial charge in [0.15, 0.2) is 12.3 Å². The van der Waals surface area contributed by atoms with Crippen LogP contribution in [0.5, 0.6) is 0 Å². The molecular formula is C15H10F9N3O2. The summed E-state index contributed by atoms with van der Waals surface area (Å²) in [6, 6.07) is 1.50. The molecule has 1 aromatic rings. The third-order valence-corrected chi connectivity index (χ3v) is 4.00. The summed E-state index contributed by atoms with van der Waals surface area (Å²) in [6.07, 6.45) is -20.9. The Morgan fingerprint density at radius 3 is 2.10 bits per heavy atom. The highest BCUT2D eigenvalue weighted by atomic mass is 19.4. The third kappa shape index (κ3) is 4.40. The second-order valence-corrected chi connectivity index (χ2v) is 5.81. The topological polar surface area (TPSA) is 68.8 Å². The van der Waals surface area contributed by atoms with Crippen LogP contribution < -0.4 is 5.01 Å². The molecule has 1 aliphatic heterocycles. The predicted octanol–water partition coefficient (Wildman–Crippen LogP) is 3.94. The molecule has 2 rings (SSSR count). The van der Waals surface area contributed by atoms with Gasteiger partial charge in [0, 0.05) is 7.11 Å². The first-order valence-corrected chi connectivity index (χ1v) is 7.46. The van der Waals surface area contributed by atoms with Crippen LogP contribution in [0.4, 0.5) is 45.2 Å². The van der Waals surface area contributed by atoms with Crippen LogP contribution >= 0.6 is 0 Å². The van der Waals surface area contributed by atoms with Crippen molar-refractivity contribution in [3.05, 3.63) is 29.3 Å². The van der Waals surface area contributed by atoms with Crippen molar-refractivity contribution in [2.45, 2.75) is 30.9 Å². The first-order valence-electron chi connectivity index (χ1n) is 7.46. The lowest BCUT2D eigenvalue weighted by atomic mass is 9.95. The second-order valence-electron chi connectivity index (χ2n) is 5.81. The maximum Gasteiger partial charge on any atom is 0.418 e. The minimum absolute atomic E-state index is 0.0178. The molecule has 14 heteroatoms. The quantitative estimate of drug-likeness (QED) is 0.731. The molecule has 1 aliphatic rings. The number of anilines is 1. The minimum atomic E-state index is -5.37. The Morgan fingerprint density at radius 1 is 1.10 bits per heavy atom. The van der Waals surface area contributed by atoms with Crippen LogP contribution in [0.2, 0.25) is 0 Å². The highest BCUT2D eigenvalue weighted by Crippen LogP contribution is 2.44. The van der Waals surface area contributed by atoms with Gasteiger partial charge in [0.05, 0.1) is 22.7 Å². The van der Waals surface area contributed by atoms with Gasteiger partial charge >= 0.3 is 18.5 Å². The van der Waals surface area contributed by atoms with Crippen molar-refractivity contribution in [3.63, 3.8) is 0 Å². The normalized spacial score (nSPS) is 21.7. The van der Waals surface area contributed by atoms with Gasteiger partial charge in [0.1, 0.15) is 11.8 Å². The molecule has 1 heterocycles.